The third kappa shape index (κ3) is 3.74. The molecule has 0 fully saturated rings. The predicted octanol–water partition coefficient (Wildman–Crippen LogP) is 5.63. The Morgan fingerprint density at radius 2 is 1.62 bits per heavy atom. The van der Waals surface area contributed by atoms with Crippen LogP contribution in [0.15, 0.2) is 44.2 Å². The maximum absolute atomic E-state index is 12.3. The van der Waals surface area contributed by atoms with E-state index in [1.54, 1.807) is 12.1 Å². The normalized spacial score (nSPS) is 11.5. The Balaban J connectivity index is 2.44. The maximum atomic E-state index is 12.3. The number of rotatable bonds is 3. The molecule has 1 N–H and O–H groups in total. The molecule has 112 valence electrons. The van der Waals surface area contributed by atoms with Crippen molar-refractivity contribution in [3.05, 3.63) is 54.9 Å². The molecule has 0 spiro atoms. The molecule has 2 rings (SSSR count). The molecule has 8 heteroatoms. The van der Waals surface area contributed by atoms with Gasteiger partial charge in [0.1, 0.15) is 0 Å². The van der Waals surface area contributed by atoms with Crippen LogP contribution in [0.3, 0.4) is 0 Å². The van der Waals surface area contributed by atoms with E-state index >= 15 is 0 Å². The smallest absolute Gasteiger partial charge is 0.261 e. The molecule has 0 atom stereocenters. The summed E-state index contributed by atoms with van der Waals surface area (Å²) in [7, 11) is -3.71. The maximum Gasteiger partial charge on any atom is 0.261 e. The molecule has 21 heavy (non-hydrogen) atoms. The molecular weight excluding hydrogens is 465 g/mol. The van der Waals surface area contributed by atoms with Crippen molar-refractivity contribution in [1.29, 1.82) is 0 Å². The summed E-state index contributed by atoms with van der Waals surface area (Å²) >= 11 is 18.6. The zero-order valence-electron chi connectivity index (χ0n) is 10.6. The summed E-state index contributed by atoms with van der Waals surface area (Å²) < 4.78 is 28.1. The van der Waals surface area contributed by atoms with Gasteiger partial charge in [-0.1, -0.05) is 40.9 Å². The van der Waals surface area contributed by atoms with Crippen LogP contribution < -0.4 is 4.72 Å². The first-order chi connectivity index (χ1) is 9.72. The van der Waals surface area contributed by atoms with Crippen LogP contribution in [-0.4, -0.2) is 8.42 Å². The van der Waals surface area contributed by atoms with E-state index in [2.05, 4.69) is 36.6 Å². The molecule has 0 bridgehead atoms. The summed E-state index contributed by atoms with van der Waals surface area (Å²) in [4.78, 5) is 0.162. The highest BCUT2D eigenvalue weighted by atomic mass is 79.9. The fourth-order valence-electron chi connectivity index (χ4n) is 1.57. The third-order valence-corrected chi connectivity index (χ3v) is 7.07. The molecule has 0 aliphatic heterocycles. The standard InChI is InChI=1S/C13H9Br2Cl2NO2S/c1-7-2-4-8(5-3-7)21(19,20)18-10-6-9(16)11(14)13(17)12(10)15/h2-6,18H,1H3. The Morgan fingerprint density at radius 1 is 1.05 bits per heavy atom. The molecule has 0 saturated heterocycles. The fourth-order valence-corrected chi connectivity index (χ4v) is 4.21. The summed E-state index contributed by atoms with van der Waals surface area (Å²) in [5.74, 6) is 0. The second-order valence-corrected chi connectivity index (χ2v) is 8.32. The van der Waals surface area contributed by atoms with Crippen molar-refractivity contribution in [3.63, 3.8) is 0 Å². The van der Waals surface area contributed by atoms with Crippen LogP contribution in [0.5, 0.6) is 0 Å². The van der Waals surface area contributed by atoms with Crippen LogP contribution in [0.2, 0.25) is 10.0 Å². The van der Waals surface area contributed by atoms with E-state index in [4.69, 9.17) is 23.2 Å². The Hall–Kier alpha value is -0.270. The van der Waals surface area contributed by atoms with Crippen molar-refractivity contribution in [2.24, 2.45) is 0 Å². The predicted molar refractivity (Wildman–Crippen MR) is 93.8 cm³/mol. The van der Waals surface area contributed by atoms with Gasteiger partial charge in [0.05, 0.1) is 29.6 Å². The number of hydrogen-bond donors (Lipinski definition) is 1. The van der Waals surface area contributed by atoms with Crippen molar-refractivity contribution in [2.75, 3.05) is 4.72 Å². The summed E-state index contributed by atoms with van der Waals surface area (Å²) in [6.07, 6.45) is 0. The van der Waals surface area contributed by atoms with Gasteiger partial charge in [-0.25, -0.2) is 8.42 Å². The number of aryl methyl sites for hydroxylation is 1. The van der Waals surface area contributed by atoms with Crippen LogP contribution in [0.25, 0.3) is 0 Å². The lowest BCUT2D eigenvalue weighted by atomic mass is 10.2. The molecule has 0 aliphatic carbocycles. The molecular formula is C13H9Br2Cl2NO2S. The molecule has 0 radical (unpaired) electrons. The molecule has 0 aromatic heterocycles. The average Bonchev–Trinajstić information content (AvgIpc) is 2.42. The van der Waals surface area contributed by atoms with Crippen molar-refractivity contribution >= 4 is 70.8 Å². The van der Waals surface area contributed by atoms with Gasteiger partial charge in [0, 0.05) is 0 Å². The monoisotopic (exact) mass is 471 g/mol. The molecule has 2 aromatic carbocycles. The number of hydrogen-bond acceptors (Lipinski definition) is 2. The summed E-state index contributed by atoms with van der Waals surface area (Å²) in [6.45, 7) is 1.88. The van der Waals surface area contributed by atoms with Crippen molar-refractivity contribution in [3.8, 4) is 0 Å². The minimum atomic E-state index is -3.71. The van der Waals surface area contributed by atoms with Crippen LogP contribution in [0.4, 0.5) is 5.69 Å². The van der Waals surface area contributed by atoms with E-state index in [1.165, 1.54) is 18.2 Å². The fraction of sp³-hybridized carbons (Fsp3) is 0.0769. The van der Waals surface area contributed by atoms with Gasteiger partial charge in [-0.05, 0) is 57.0 Å². The van der Waals surface area contributed by atoms with Gasteiger partial charge >= 0.3 is 0 Å². The van der Waals surface area contributed by atoms with E-state index in [1.807, 2.05) is 6.92 Å². The number of nitrogens with one attached hydrogen (secondary N) is 1. The Morgan fingerprint density at radius 3 is 2.19 bits per heavy atom. The van der Waals surface area contributed by atoms with E-state index in [0.29, 0.717) is 19.0 Å². The zero-order chi connectivity index (χ0) is 15.8. The lowest BCUT2D eigenvalue weighted by Gasteiger charge is -2.12. The summed E-state index contributed by atoms with van der Waals surface area (Å²) in [5.41, 5.74) is 1.25. The van der Waals surface area contributed by atoms with Gasteiger partial charge in [-0.15, -0.1) is 0 Å². The number of halogens is 4. The van der Waals surface area contributed by atoms with Crippen LogP contribution in [0, 0.1) is 6.92 Å². The van der Waals surface area contributed by atoms with Crippen molar-refractivity contribution in [2.45, 2.75) is 11.8 Å². The Bertz CT molecular complexity index is 793. The van der Waals surface area contributed by atoms with Gasteiger partial charge in [-0.2, -0.15) is 0 Å². The molecule has 0 amide bonds. The highest BCUT2D eigenvalue weighted by molar-refractivity contribution is 9.11. The van der Waals surface area contributed by atoms with Crippen LogP contribution >= 0.6 is 55.1 Å². The SMILES string of the molecule is Cc1ccc(S(=O)(=O)Nc2cc(Cl)c(Br)c(Cl)c2Br)cc1. The number of anilines is 1. The number of sulfonamides is 1. The molecule has 0 aliphatic rings. The molecule has 3 nitrogen and oxygen atoms in total. The lowest BCUT2D eigenvalue weighted by Crippen LogP contribution is -2.13. The molecule has 0 saturated carbocycles. The minimum absolute atomic E-state index is 0.162. The van der Waals surface area contributed by atoms with Crippen molar-refractivity contribution in [1.82, 2.24) is 0 Å². The van der Waals surface area contributed by atoms with Gasteiger partial charge in [0.15, 0.2) is 0 Å². The summed E-state index contributed by atoms with van der Waals surface area (Å²) in [6, 6.07) is 8.00. The van der Waals surface area contributed by atoms with Crippen LogP contribution in [0.1, 0.15) is 5.56 Å². The first kappa shape index (κ1) is 17.1. The molecule has 2 aromatic rings. The highest BCUT2D eigenvalue weighted by Gasteiger charge is 2.19. The van der Waals surface area contributed by atoms with E-state index in [-0.39, 0.29) is 10.6 Å². The second-order valence-electron chi connectivity index (χ2n) is 4.27. The first-order valence-corrected chi connectivity index (χ1v) is 9.47. The highest BCUT2D eigenvalue weighted by Crippen LogP contribution is 2.41. The average molecular weight is 474 g/mol. The Kier molecular flexibility index (Phi) is 5.26. The third-order valence-electron chi connectivity index (χ3n) is 2.68. The van der Waals surface area contributed by atoms with E-state index in [9.17, 15) is 8.42 Å². The summed E-state index contributed by atoms with van der Waals surface area (Å²) in [5, 5.41) is 0.605. The zero-order valence-corrected chi connectivity index (χ0v) is 16.1. The van der Waals surface area contributed by atoms with Gasteiger partial charge < -0.3 is 0 Å². The van der Waals surface area contributed by atoms with E-state index < -0.39 is 10.0 Å². The topological polar surface area (TPSA) is 46.2 Å². The molecule has 0 heterocycles. The van der Waals surface area contributed by atoms with E-state index in [0.717, 1.165) is 5.56 Å². The van der Waals surface area contributed by atoms with Crippen LogP contribution in [-0.2, 0) is 10.0 Å². The minimum Gasteiger partial charge on any atom is -0.278 e. The Labute approximate surface area is 150 Å². The molecule has 0 unspecified atom stereocenters. The van der Waals surface area contributed by atoms with Gasteiger partial charge in [0.25, 0.3) is 10.0 Å². The first-order valence-electron chi connectivity index (χ1n) is 5.65. The lowest BCUT2D eigenvalue weighted by molar-refractivity contribution is 0.601. The van der Waals surface area contributed by atoms with Gasteiger partial charge in [0.2, 0.25) is 0 Å². The van der Waals surface area contributed by atoms with Gasteiger partial charge in [-0.3, -0.25) is 4.72 Å². The second kappa shape index (κ2) is 6.46. The largest absolute Gasteiger partial charge is 0.278 e. The number of benzene rings is 2. The quantitative estimate of drug-likeness (QED) is 0.464. The van der Waals surface area contributed by atoms with Crippen molar-refractivity contribution < 1.29 is 8.42 Å².